The van der Waals surface area contributed by atoms with Crippen molar-refractivity contribution in [1.82, 2.24) is 16.0 Å². The Balaban J connectivity index is 0.955. The van der Waals surface area contributed by atoms with Crippen molar-refractivity contribution in [2.24, 2.45) is 5.92 Å². The molecule has 5 aliphatic rings. The normalized spacial score (nSPS) is 24.1. The Hall–Kier alpha value is -5.10. The molecule has 0 bridgehead atoms. The van der Waals surface area contributed by atoms with Crippen molar-refractivity contribution in [2.45, 2.75) is 75.8 Å². The first-order chi connectivity index (χ1) is 28.2. The summed E-state index contributed by atoms with van der Waals surface area (Å²) in [7, 11) is 0. The van der Waals surface area contributed by atoms with Crippen molar-refractivity contribution in [3.8, 4) is 22.3 Å². The number of hydrogen-bond acceptors (Lipinski definition) is 4. The molecule has 1 aliphatic heterocycles. The molecule has 11 rings (SSSR count). The summed E-state index contributed by atoms with van der Waals surface area (Å²) in [6, 6.07) is 44.9. The van der Waals surface area contributed by atoms with Gasteiger partial charge in [0.15, 0.2) is 0 Å². The van der Waals surface area contributed by atoms with Crippen LogP contribution in [0.5, 0.6) is 0 Å². The smallest absolute Gasteiger partial charge is 0.0864 e. The summed E-state index contributed by atoms with van der Waals surface area (Å²) in [6.45, 7) is 0. The van der Waals surface area contributed by atoms with Gasteiger partial charge in [-0.15, -0.1) is 11.3 Å². The molecule has 282 valence electrons. The fourth-order valence-corrected chi connectivity index (χ4v) is 11.7. The van der Waals surface area contributed by atoms with Crippen molar-refractivity contribution in [3.63, 3.8) is 0 Å². The zero-order valence-electron chi connectivity index (χ0n) is 32.4. The highest BCUT2D eigenvalue weighted by atomic mass is 32.1. The van der Waals surface area contributed by atoms with Crippen molar-refractivity contribution in [2.75, 3.05) is 0 Å². The van der Waals surface area contributed by atoms with Gasteiger partial charge < -0.3 is 0 Å². The second-order valence-corrected chi connectivity index (χ2v) is 17.7. The maximum atomic E-state index is 4.07. The Morgan fingerprint density at radius 1 is 0.561 bits per heavy atom. The van der Waals surface area contributed by atoms with Gasteiger partial charge in [0.2, 0.25) is 0 Å². The number of nitrogens with one attached hydrogen (secondary N) is 3. The minimum absolute atomic E-state index is 0.000171. The Morgan fingerprint density at radius 2 is 1.33 bits per heavy atom. The average molecular weight is 760 g/mol. The van der Waals surface area contributed by atoms with Gasteiger partial charge in [-0.3, -0.25) is 16.0 Å². The van der Waals surface area contributed by atoms with E-state index < -0.39 is 0 Å². The first-order valence-electron chi connectivity index (χ1n) is 21.2. The molecule has 3 N–H and O–H groups in total. The third-order valence-electron chi connectivity index (χ3n) is 13.3. The van der Waals surface area contributed by atoms with E-state index in [0.717, 1.165) is 31.6 Å². The van der Waals surface area contributed by atoms with Crippen LogP contribution in [-0.4, -0.2) is 12.3 Å². The summed E-state index contributed by atoms with van der Waals surface area (Å²) < 4.78 is 1.41. The molecule has 1 saturated heterocycles. The highest BCUT2D eigenvalue weighted by molar-refractivity contribution is 7.20. The molecule has 0 radical (unpaired) electrons. The lowest BCUT2D eigenvalue weighted by atomic mass is 9.69. The van der Waals surface area contributed by atoms with Gasteiger partial charge >= 0.3 is 0 Å². The molecular formula is C53H49N3S. The van der Waals surface area contributed by atoms with Crippen LogP contribution in [0.15, 0.2) is 157 Å². The van der Waals surface area contributed by atoms with Crippen molar-refractivity contribution < 1.29 is 0 Å². The van der Waals surface area contributed by atoms with Crippen LogP contribution in [0.25, 0.3) is 44.0 Å². The lowest BCUT2D eigenvalue weighted by molar-refractivity contribution is 0.241. The van der Waals surface area contributed by atoms with E-state index in [4.69, 9.17) is 0 Å². The van der Waals surface area contributed by atoms with E-state index in [1.54, 1.807) is 11.1 Å². The number of allylic oxidation sites excluding steroid dienone is 4. The van der Waals surface area contributed by atoms with Gasteiger partial charge in [-0.05, 0) is 142 Å². The van der Waals surface area contributed by atoms with E-state index >= 15 is 0 Å². The fraction of sp³-hybridized carbons (Fsp3) is 0.245. The maximum Gasteiger partial charge on any atom is 0.0864 e. The van der Waals surface area contributed by atoms with Gasteiger partial charge in [-0.25, -0.2) is 0 Å². The molecule has 2 heterocycles. The van der Waals surface area contributed by atoms with Gasteiger partial charge in [0, 0.05) is 20.9 Å². The number of benzene rings is 5. The Labute approximate surface area is 341 Å². The van der Waals surface area contributed by atoms with E-state index in [1.807, 2.05) is 11.3 Å². The van der Waals surface area contributed by atoms with E-state index in [1.165, 1.54) is 96.3 Å². The molecule has 5 aromatic carbocycles. The molecule has 57 heavy (non-hydrogen) atoms. The summed E-state index contributed by atoms with van der Waals surface area (Å²) in [4.78, 5) is 1.42. The molecule has 0 saturated carbocycles. The van der Waals surface area contributed by atoms with Crippen molar-refractivity contribution in [3.05, 3.63) is 189 Å². The number of rotatable bonds is 6. The van der Waals surface area contributed by atoms with Gasteiger partial charge in [0.25, 0.3) is 0 Å². The highest BCUT2D eigenvalue weighted by Gasteiger charge is 2.34. The largest absolute Gasteiger partial charge is 0.279 e. The second kappa shape index (κ2) is 15.0. The van der Waals surface area contributed by atoms with Gasteiger partial charge in [-0.1, -0.05) is 133 Å². The second-order valence-electron chi connectivity index (χ2n) is 16.6. The number of thiophene rings is 1. The Kier molecular flexibility index (Phi) is 9.24. The van der Waals surface area contributed by atoms with Crippen molar-refractivity contribution >= 4 is 33.1 Å². The third-order valence-corrected chi connectivity index (χ3v) is 14.5. The molecule has 0 amide bonds. The molecule has 5 unspecified atom stereocenters. The Morgan fingerprint density at radius 3 is 2.23 bits per heavy atom. The summed E-state index contributed by atoms with van der Waals surface area (Å²) in [5.74, 6) is 1.37. The summed E-state index contributed by atoms with van der Waals surface area (Å²) in [5, 5.41) is 13.6. The van der Waals surface area contributed by atoms with Crippen molar-refractivity contribution in [1.29, 1.82) is 0 Å². The molecule has 4 heteroatoms. The van der Waals surface area contributed by atoms with E-state index in [9.17, 15) is 0 Å². The van der Waals surface area contributed by atoms with Crippen LogP contribution in [0.4, 0.5) is 0 Å². The molecule has 5 atom stereocenters. The molecule has 3 nitrogen and oxygen atoms in total. The van der Waals surface area contributed by atoms with E-state index in [-0.39, 0.29) is 18.5 Å². The average Bonchev–Trinajstić information content (AvgIpc) is 3.68. The summed E-state index contributed by atoms with van der Waals surface area (Å²) >= 11 is 1.98. The van der Waals surface area contributed by atoms with Gasteiger partial charge in [-0.2, -0.15) is 0 Å². The molecular weight excluding hydrogens is 711 g/mol. The summed E-state index contributed by atoms with van der Waals surface area (Å²) in [6.07, 6.45) is 21.6. The van der Waals surface area contributed by atoms with Crippen LogP contribution in [0.2, 0.25) is 0 Å². The Bertz CT molecular complexity index is 2590. The SMILES string of the molecule is C1=CC2c3cccc(-c4cccc5sc6c(c45)CCC(C4NC(C5=CCCC(c7ccccc7)=C5)NC(c5cccc(-c7ccccc7)c5)N4)=C6)c3CCC2CC1. The van der Waals surface area contributed by atoms with Crippen LogP contribution in [0, 0.1) is 5.92 Å². The molecule has 6 aromatic rings. The number of fused-ring (bicyclic) bond motifs is 6. The highest BCUT2D eigenvalue weighted by Crippen LogP contribution is 2.48. The van der Waals surface area contributed by atoms with E-state index in [2.05, 4.69) is 168 Å². The fourth-order valence-electron chi connectivity index (χ4n) is 10.5. The minimum atomic E-state index is -0.0273. The lowest BCUT2D eigenvalue weighted by Gasteiger charge is -2.42. The topological polar surface area (TPSA) is 36.1 Å². The minimum Gasteiger partial charge on any atom is -0.279 e. The van der Waals surface area contributed by atoms with Crippen LogP contribution in [0.3, 0.4) is 0 Å². The van der Waals surface area contributed by atoms with Crippen LogP contribution >= 0.6 is 11.3 Å². The van der Waals surface area contributed by atoms with E-state index in [0.29, 0.717) is 5.92 Å². The summed E-state index contributed by atoms with van der Waals surface area (Å²) in [5.41, 5.74) is 16.8. The van der Waals surface area contributed by atoms with Crippen LogP contribution < -0.4 is 16.0 Å². The molecule has 4 aliphatic carbocycles. The zero-order chi connectivity index (χ0) is 37.7. The number of aryl methyl sites for hydroxylation is 1. The van der Waals surface area contributed by atoms with Crippen LogP contribution in [-0.2, 0) is 12.8 Å². The first-order valence-corrected chi connectivity index (χ1v) is 22.0. The quantitative estimate of drug-likeness (QED) is 0.148. The van der Waals surface area contributed by atoms with Gasteiger partial charge in [0.1, 0.15) is 0 Å². The lowest BCUT2D eigenvalue weighted by Crippen LogP contribution is -2.64. The van der Waals surface area contributed by atoms with Gasteiger partial charge in [0.05, 0.1) is 18.5 Å². The number of hydrogen-bond donors (Lipinski definition) is 3. The van der Waals surface area contributed by atoms with Crippen LogP contribution in [0.1, 0.15) is 83.3 Å². The molecule has 1 aromatic heterocycles. The zero-order valence-corrected chi connectivity index (χ0v) is 33.2. The first kappa shape index (κ1) is 35.1. The maximum absolute atomic E-state index is 4.07. The molecule has 1 fully saturated rings. The predicted molar refractivity (Wildman–Crippen MR) is 240 cm³/mol. The predicted octanol–water partition coefficient (Wildman–Crippen LogP) is 12.5. The molecule has 0 spiro atoms. The monoisotopic (exact) mass is 759 g/mol. The third kappa shape index (κ3) is 6.59. The standard InChI is InChI=1S/C53H49N3S/c1-3-13-34(14-4-1)37-18-9-20-39(31-37)51-54-52(40-21-10-19-38(32-40)35-15-5-2-6-16-35)56-53(55-51)41-28-30-47-49(33-41)57-48-26-12-25-46(50(47)48)44-24-11-23-43-42-22-8-7-17-36(42)27-29-45(43)44/h1-6,8-9,11-16,18,20-26,31-33,36,42,51-56H,7,10,17,19,27-30H2.